The zero-order chi connectivity index (χ0) is 13.8. The number of halogens is 2. The molecule has 0 saturated heterocycles. The van der Waals surface area contributed by atoms with Gasteiger partial charge in [-0.25, -0.2) is 5.43 Å². The second-order valence-electron chi connectivity index (χ2n) is 4.78. The smallest absolute Gasteiger partial charge is 0.243 e. The fraction of sp³-hybridized carbons (Fsp3) is 0.429. The first kappa shape index (κ1) is 14.4. The van der Waals surface area contributed by atoms with Gasteiger partial charge >= 0.3 is 0 Å². The minimum atomic E-state index is 0.0110. The van der Waals surface area contributed by atoms with Crippen LogP contribution >= 0.6 is 23.2 Å². The third kappa shape index (κ3) is 3.71. The number of carbonyl (C=O) groups excluding carboxylic acids is 1. The standard InChI is InChI=1S/C14H16Cl2N2O/c1-9(11-6-7-12(15)13(16)8-11)17-18-14(19)10-4-2-3-5-10/h6-8,10H,2-5H2,1H3,(H,18,19)/b17-9+. The lowest BCUT2D eigenvalue weighted by molar-refractivity contribution is -0.124. The molecule has 2 rings (SSSR count). The number of amides is 1. The van der Waals surface area contributed by atoms with Crippen LogP contribution in [-0.2, 0) is 4.79 Å². The summed E-state index contributed by atoms with van der Waals surface area (Å²) in [4.78, 5) is 11.8. The van der Waals surface area contributed by atoms with E-state index in [1.165, 1.54) is 0 Å². The minimum Gasteiger partial charge on any atom is -0.273 e. The summed E-state index contributed by atoms with van der Waals surface area (Å²) in [7, 11) is 0. The molecule has 3 nitrogen and oxygen atoms in total. The fourth-order valence-corrected chi connectivity index (χ4v) is 2.50. The zero-order valence-electron chi connectivity index (χ0n) is 10.7. The van der Waals surface area contributed by atoms with Crippen molar-refractivity contribution in [3.05, 3.63) is 33.8 Å². The maximum Gasteiger partial charge on any atom is 0.243 e. The predicted molar refractivity (Wildman–Crippen MR) is 78.8 cm³/mol. The van der Waals surface area contributed by atoms with Crippen LogP contribution in [0.2, 0.25) is 10.0 Å². The number of hydrogen-bond acceptors (Lipinski definition) is 2. The highest BCUT2D eigenvalue weighted by Gasteiger charge is 2.22. The van der Waals surface area contributed by atoms with Crippen molar-refractivity contribution >= 4 is 34.8 Å². The van der Waals surface area contributed by atoms with Crippen LogP contribution in [0.5, 0.6) is 0 Å². The van der Waals surface area contributed by atoms with Crippen LogP contribution in [0.1, 0.15) is 38.2 Å². The summed E-state index contributed by atoms with van der Waals surface area (Å²) in [5.41, 5.74) is 4.19. The molecule has 1 aliphatic carbocycles. The number of carbonyl (C=O) groups is 1. The van der Waals surface area contributed by atoms with Crippen molar-refractivity contribution in [2.24, 2.45) is 11.0 Å². The van der Waals surface area contributed by atoms with Crippen molar-refractivity contribution in [1.29, 1.82) is 0 Å². The molecule has 0 spiro atoms. The Bertz CT molecular complexity index is 508. The summed E-state index contributed by atoms with van der Waals surface area (Å²) in [6, 6.07) is 5.29. The number of hydrazone groups is 1. The molecule has 0 unspecified atom stereocenters. The maximum absolute atomic E-state index is 11.8. The van der Waals surface area contributed by atoms with Crippen molar-refractivity contribution in [2.45, 2.75) is 32.6 Å². The van der Waals surface area contributed by atoms with E-state index in [4.69, 9.17) is 23.2 Å². The summed E-state index contributed by atoms with van der Waals surface area (Å²) in [6.45, 7) is 1.83. The van der Waals surface area contributed by atoms with Gasteiger partial charge in [0.2, 0.25) is 5.91 Å². The first-order valence-electron chi connectivity index (χ1n) is 6.37. The van der Waals surface area contributed by atoms with E-state index in [0.29, 0.717) is 15.8 Å². The summed E-state index contributed by atoms with van der Waals surface area (Å²) in [5, 5.41) is 5.11. The summed E-state index contributed by atoms with van der Waals surface area (Å²) < 4.78 is 0. The maximum atomic E-state index is 11.8. The van der Waals surface area contributed by atoms with Crippen LogP contribution in [0.3, 0.4) is 0 Å². The van der Waals surface area contributed by atoms with Crippen LogP contribution in [0.4, 0.5) is 0 Å². The molecule has 1 aromatic rings. The number of nitrogens with zero attached hydrogens (tertiary/aromatic N) is 1. The van der Waals surface area contributed by atoms with E-state index in [-0.39, 0.29) is 11.8 Å². The van der Waals surface area contributed by atoms with E-state index < -0.39 is 0 Å². The highest BCUT2D eigenvalue weighted by Crippen LogP contribution is 2.25. The van der Waals surface area contributed by atoms with Crippen molar-refractivity contribution in [1.82, 2.24) is 5.43 Å². The molecule has 0 bridgehead atoms. The lowest BCUT2D eigenvalue weighted by atomic mass is 10.1. The Morgan fingerprint density at radius 1 is 1.26 bits per heavy atom. The normalized spacial score (nSPS) is 16.7. The largest absolute Gasteiger partial charge is 0.273 e. The van der Waals surface area contributed by atoms with Gasteiger partial charge in [-0.05, 0) is 37.5 Å². The molecule has 1 aliphatic rings. The quantitative estimate of drug-likeness (QED) is 0.664. The molecule has 5 heteroatoms. The predicted octanol–water partition coefficient (Wildman–Crippen LogP) is 4.02. The van der Waals surface area contributed by atoms with Gasteiger partial charge in [0.25, 0.3) is 0 Å². The molecule has 1 saturated carbocycles. The average Bonchev–Trinajstić information content (AvgIpc) is 2.92. The molecule has 0 radical (unpaired) electrons. The monoisotopic (exact) mass is 298 g/mol. The van der Waals surface area contributed by atoms with Gasteiger partial charge in [0.1, 0.15) is 0 Å². The second-order valence-corrected chi connectivity index (χ2v) is 5.60. The number of benzene rings is 1. The molecular weight excluding hydrogens is 283 g/mol. The summed E-state index contributed by atoms with van der Waals surface area (Å²) in [5.74, 6) is 0.127. The zero-order valence-corrected chi connectivity index (χ0v) is 12.3. The Labute approximate surface area is 123 Å². The van der Waals surface area contributed by atoms with E-state index >= 15 is 0 Å². The molecule has 102 valence electrons. The number of nitrogens with one attached hydrogen (secondary N) is 1. The van der Waals surface area contributed by atoms with Crippen LogP contribution in [-0.4, -0.2) is 11.6 Å². The Kier molecular flexibility index (Phi) is 4.83. The Balaban J connectivity index is 2.01. The average molecular weight is 299 g/mol. The molecule has 19 heavy (non-hydrogen) atoms. The van der Waals surface area contributed by atoms with Crippen molar-refractivity contribution < 1.29 is 4.79 Å². The molecule has 0 atom stereocenters. The Hall–Kier alpha value is -1.06. The van der Waals surface area contributed by atoms with Crippen LogP contribution in [0, 0.1) is 5.92 Å². The van der Waals surface area contributed by atoms with Gasteiger partial charge < -0.3 is 0 Å². The summed E-state index contributed by atoms with van der Waals surface area (Å²) in [6.07, 6.45) is 4.20. The van der Waals surface area contributed by atoms with E-state index in [1.54, 1.807) is 12.1 Å². The van der Waals surface area contributed by atoms with Gasteiger partial charge in [0.05, 0.1) is 15.8 Å². The summed E-state index contributed by atoms with van der Waals surface area (Å²) >= 11 is 11.8. The third-order valence-corrected chi connectivity index (χ3v) is 4.14. The van der Waals surface area contributed by atoms with Gasteiger partial charge in [0.15, 0.2) is 0 Å². The lowest BCUT2D eigenvalue weighted by Crippen LogP contribution is -2.25. The Morgan fingerprint density at radius 3 is 2.58 bits per heavy atom. The fourth-order valence-electron chi connectivity index (χ4n) is 2.20. The van der Waals surface area contributed by atoms with E-state index in [2.05, 4.69) is 10.5 Å². The van der Waals surface area contributed by atoms with Crippen molar-refractivity contribution in [3.63, 3.8) is 0 Å². The van der Waals surface area contributed by atoms with Crippen LogP contribution in [0.25, 0.3) is 0 Å². The highest BCUT2D eigenvalue weighted by molar-refractivity contribution is 6.42. The number of hydrogen-bond donors (Lipinski definition) is 1. The van der Waals surface area contributed by atoms with E-state index in [9.17, 15) is 4.79 Å². The van der Waals surface area contributed by atoms with E-state index in [1.807, 2.05) is 13.0 Å². The Morgan fingerprint density at radius 2 is 1.95 bits per heavy atom. The van der Waals surface area contributed by atoms with Crippen LogP contribution in [0.15, 0.2) is 23.3 Å². The van der Waals surface area contributed by atoms with Crippen molar-refractivity contribution in [2.75, 3.05) is 0 Å². The SMILES string of the molecule is C/C(=N\NC(=O)C1CCCC1)c1ccc(Cl)c(Cl)c1. The van der Waals surface area contributed by atoms with E-state index in [0.717, 1.165) is 31.2 Å². The highest BCUT2D eigenvalue weighted by atomic mass is 35.5. The van der Waals surface area contributed by atoms with Gasteiger partial charge in [-0.2, -0.15) is 5.10 Å². The molecule has 1 amide bonds. The van der Waals surface area contributed by atoms with Gasteiger partial charge in [0, 0.05) is 5.92 Å². The number of rotatable bonds is 3. The van der Waals surface area contributed by atoms with Crippen molar-refractivity contribution in [3.8, 4) is 0 Å². The lowest BCUT2D eigenvalue weighted by Gasteiger charge is -2.08. The van der Waals surface area contributed by atoms with Crippen LogP contribution < -0.4 is 5.43 Å². The first-order chi connectivity index (χ1) is 9.08. The van der Waals surface area contributed by atoms with Gasteiger partial charge in [-0.1, -0.05) is 42.1 Å². The topological polar surface area (TPSA) is 41.5 Å². The second kappa shape index (κ2) is 6.40. The molecule has 1 fully saturated rings. The van der Waals surface area contributed by atoms with Gasteiger partial charge in [-0.3, -0.25) is 4.79 Å². The molecule has 0 aliphatic heterocycles. The molecule has 1 N–H and O–H groups in total. The minimum absolute atomic E-state index is 0.0110. The van der Waals surface area contributed by atoms with Gasteiger partial charge in [-0.15, -0.1) is 0 Å². The molecule has 0 heterocycles. The first-order valence-corrected chi connectivity index (χ1v) is 7.13. The molecule has 0 aromatic heterocycles. The molecule has 1 aromatic carbocycles. The third-order valence-electron chi connectivity index (χ3n) is 3.40. The molecular formula is C14H16Cl2N2O.